The third-order valence-electron chi connectivity index (χ3n) is 5.43. The first-order valence-electron chi connectivity index (χ1n) is 9.38. The van der Waals surface area contributed by atoms with Crippen LogP contribution in [0.3, 0.4) is 0 Å². The number of carbonyl (C=O) groups excluding carboxylic acids is 2. The van der Waals surface area contributed by atoms with Crippen LogP contribution in [0.1, 0.15) is 28.9 Å². The molecule has 146 valence electrons. The van der Waals surface area contributed by atoms with Crippen LogP contribution in [-0.2, 0) is 9.53 Å². The lowest BCUT2D eigenvalue weighted by atomic mass is 9.90. The van der Waals surface area contributed by atoms with Crippen molar-refractivity contribution in [3.05, 3.63) is 59.7 Å². The summed E-state index contributed by atoms with van der Waals surface area (Å²) in [6.07, 6.45) is 3.15. The molecule has 1 unspecified atom stereocenters. The smallest absolute Gasteiger partial charge is 0.272 e. The number of anilines is 1. The van der Waals surface area contributed by atoms with Crippen LogP contribution in [-0.4, -0.2) is 53.5 Å². The van der Waals surface area contributed by atoms with Crippen molar-refractivity contribution in [3.63, 3.8) is 0 Å². The zero-order chi connectivity index (χ0) is 19.7. The quantitative estimate of drug-likeness (QED) is 0.800. The van der Waals surface area contributed by atoms with Crippen molar-refractivity contribution in [2.75, 3.05) is 31.1 Å². The number of halogens is 1. The molecule has 2 aromatic rings. The van der Waals surface area contributed by atoms with Gasteiger partial charge in [0.2, 0.25) is 0 Å². The van der Waals surface area contributed by atoms with Gasteiger partial charge < -0.3 is 14.5 Å². The van der Waals surface area contributed by atoms with Crippen LogP contribution in [0.15, 0.2) is 42.6 Å². The largest absolute Gasteiger partial charge is 0.361 e. The van der Waals surface area contributed by atoms with Crippen LogP contribution in [0.4, 0.5) is 10.1 Å². The molecule has 2 aliphatic heterocycles. The number of aromatic nitrogens is 1. The molecule has 0 N–H and O–H groups in total. The Morgan fingerprint density at radius 3 is 2.75 bits per heavy atom. The maximum Gasteiger partial charge on any atom is 0.272 e. The summed E-state index contributed by atoms with van der Waals surface area (Å²) in [5.41, 5.74) is 1.29. The van der Waals surface area contributed by atoms with Gasteiger partial charge in [0.15, 0.2) is 0 Å². The van der Waals surface area contributed by atoms with E-state index in [2.05, 4.69) is 4.98 Å². The number of carbonyl (C=O) groups is 2. The lowest BCUT2D eigenvalue weighted by Crippen LogP contribution is -2.62. The van der Waals surface area contributed by atoms with Crippen LogP contribution in [0, 0.1) is 12.7 Å². The highest BCUT2D eigenvalue weighted by atomic mass is 19.1. The Morgan fingerprint density at radius 2 is 2.00 bits per heavy atom. The molecule has 2 fully saturated rings. The first kappa shape index (κ1) is 18.6. The Kier molecular flexibility index (Phi) is 4.85. The minimum atomic E-state index is -0.626. The predicted molar refractivity (Wildman–Crippen MR) is 102 cm³/mol. The van der Waals surface area contributed by atoms with Crippen LogP contribution < -0.4 is 4.90 Å². The Labute approximate surface area is 162 Å². The summed E-state index contributed by atoms with van der Waals surface area (Å²) < 4.78 is 19.2. The van der Waals surface area contributed by atoms with Crippen LogP contribution >= 0.6 is 0 Å². The zero-order valence-corrected chi connectivity index (χ0v) is 15.7. The average molecular weight is 383 g/mol. The molecule has 2 saturated heterocycles. The van der Waals surface area contributed by atoms with Gasteiger partial charge in [0.25, 0.3) is 11.8 Å². The van der Waals surface area contributed by atoms with Gasteiger partial charge in [-0.1, -0.05) is 6.07 Å². The number of hydrogen-bond donors (Lipinski definition) is 0. The molecule has 2 aliphatic rings. The summed E-state index contributed by atoms with van der Waals surface area (Å²) in [5.74, 6) is -0.633. The first-order valence-corrected chi connectivity index (χ1v) is 9.38. The molecule has 0 saturated carbocycles. The van der Waals surface area contributed by atoms with Crippen molar-refractivity contribution in [3.8, 4) is 0 Å². The highest BCUT2D eigenvalue weighted by Gasteiger charge is 2.44. The normalized spacial score (nSPS) is 22.6. The third-order valence-corrected chi connectivity index (χ3v) is 5.43. The molecular formula is C21H22FN3O3. The molecule has 7 heteroatoms. The molecule has 0 bridgehead atoms. The maximum absolute atomic E-state index is 13.3. The van der Waals surface area contributed by atoms with Crippen molar-refractivity contribution in [1.82, 2.24) is 9.88 Å². The Morgan fingerprint density at radius 1 is 1.21 bits per heavy atom. The second-order valence-corrected chi connectivity index (χ2v) is 7.43. The zero-order valence-electron chi connectivity index (χ0n) is 15.7. The number of piperidine rings is 1. The second-order valence-electron chi connectivity index (χ2n) is 7.43. The molecule has 1 atom stereocenters. The topological polar surface area (TPSA) is 62.7 Å². The van der Waals surface area contributed by atoms with Gasteiger partial charge in [0.05, 0.1) is 13.1 Å². The SMILES string of the molecule is Cc1cccnc1C(=O)N1CCCC2(C1)CN(c1ccc(F)cc1)C(=O)CO2. The average Bonchev–Trinajstić information content (AvgIpc) is 2.71. The number of pyridine rings is 1. The molecule has 28 heavy (non-hydrogen) atoms. The molecule has 2 amide bonds. The molecule has 1 aromatic carbocycles. The summed E-state index contributed by atoms with van der Waals surface area (Å²) in [5, 5.41) is 0. The van der Waals surface area contributed by atoms with Gasteiger partial charge in [0.1, 0.15) is 23.7 Å². The maximum atomic E-state index is 13.3. The molecule has 0 radical (unpaired) electrons. The first-order chi connectivity index (χ1) is 13.5. The number of nitrogens with zero attached hydrogens (tertiary/aromatic N) is 3. The van der Waals surface area contributed by atoms with E-state index in [0.29, 0.717) is 31.0 Å². The van der Waals surface area contributed by atoms with Crippen molar-refractivity contribution >= 4 is 17.5 Å². The van der Waals surface area contributed by atoms with Gasteiger partial charge in [-0.05, 0) is 55.7 Å². The minimum absolute atomic E-state index is 0.0535. The van der Waals surface area contributed by atoms with Gasteiger partial charge >= 0.3 is 0 Å². The van der Waals surface area contributed by atoms with Crippen molar-refractivity contribution in [1.29, 1.82) is 0 Å². The van der Waals surface area contributed by atoms with Gasteiger partial charge in [-0.25, -0.2) is 4.39 Å². The number of amides is 2. The molecule has 1 aromatic heterocycles. The molecule has 1 spiro atoms. The fourth-order valence-electron chi connectivity index (χ4n) is 3.95. The Balaban J connectivity index is 1.55. The van der Waals surface area contributed by atoms with Gasteiger partial charge in [-0.3, -0.25) is 14.6 Å². The van der Waals surface area contributed by atoms with Gasteiger partial charge in [0, 0.05) is 18.4 Å². The van der Waals surface area contributed by atoms with E-state index < -0.39 is 5.60 Å². The minimum Gasteiger partial charge on any atom is -0.361 e. The molecule has 6 nitrogen and oxygen atoms in total. The fourth-order valence-corrected chi connectivity index (χ4v) is 3.95. The fraction of sp³-hybridized carbons (Fsp3) is 0.381. The molecule has 3 heterocycles. The highest BCUT2D eigenvalue weighted by molar-refractivity contribution is 5.95. The molecule has 4 rings (SSSR count). The Hall–Kier alpha value is -2.80. The summed E-state index contributed by atoms with van der Waals surface area (Å²) in [6, 6.07) is 9.54. The van der Waals surface area contributed by atoms with E-state index in [0.717, 1.165) is 18.4 Å². The summed E-state index contributed by atoms with van der Waals surface area (Å²) in [6.45, 7) is 3.17. The van der Waals surface area contributed by atoms with Gasteiger partial charge in [-0.15, -0.1) is 0 Å². The van der Waals surface area contributed by atoms with E-state index in [9.17, 15) is 14.0 Å². The number of benzene rings is 1. The van der Waals surface area contributed by atoms with E-state index in [1.54, 1.807) is 34.2 Å². The number of hydrogen-bond acceptors (Lipinski definition) is 4. The van der Waals surface area contributed by atoms with E-state index in [4.69, 9.17) is 4.74 Å². The second kappa shape index (κ2) is 7.31. The lowest BCUT2D eigenvalue weighted by Gasteiger charge is -2.47. The highest BCUT2D eigenvalue weighted by Crippen LogP contribution is 2.32. The van der Waals surface area contributed by atoms with Crippen LogP contribution in [0.2, 0.25) is 0 Å². The van der Waals surface area contributed by atoms with E-state index in [-0.39, 0.29) is 24.2 Å². The molecule has 0 aliphatic carbocycles. The summed E-state index contributed by atoms with van der Waals surface area (Å²) >= 11 is 0. The monoisotopic (exact) mass is 383 g/mol. The summed E-state index contributed by atoms with van der Waals surface area (Å²) in [4.78, 5) is 33.0. The number of morpholine rings is 1. The van der Waals surface area contributed by atoms with Crippen LogP contribution in [0.5, 0.6) is 0 Å². The van der Waals surface area contributed by atoms with Crippen molar-refractivity contribution < 1.29 is 18.7 Å². The van der Waals surface area contributed by atoms with Gasteiger partial charge in [-0.2, -0.15) is 0 Å². The number of rotatable bonds is 2. The van der Waals surface area contributed by atoms with E-state index in [1.165, 1.54) is 12.1 Å². The standard InChI is InChI=1S/C21H22FN3O3/c1-15-4-2-10-23-19(15)20(27)24-11-3-9-21(13-24)14-25(18(26)12-28-21)17-7-5-16(22)6-8-17/h2,4-8,10H,3,9,11-14H2,1H3. The third kappa shape index (κ3) is 3.49. The number of likely N-dealkylation sites (tertiary alicyclic amines) is 1. The Bertz CT molecular complexity index is 902. The number of ether oxygens (including phenoxy) is 1. The van der Waals surface area contributed by atoms with Crippen LogP contribution in [0.25, 0.3) is 0 Å². The van der Waals surface area contributed by atoms with E-state index in [1.807, 2.05) is 13.0 Å². The van der Waals surface area contributed by atoms with E-state index >= 15 is 0 Å². The predicted octanol–water partition coefficient (Wildman–Crippen LogP) is 2.57. The lowest BCUT2D eigenvalue weighted by molar-refractivity contribution is -0.144. The summed E-state index contributed by atoms with van der Waals surface area (Å²) in [7, 11) is 0. The van der Waals surface area contributed by atoms with Crippen molar-refractivity contribution in [2.45, 2.75) is 25.4 Å². The molecular weight excluding hydrogens is 361 g/mol. The van der Waals surface area contributed by atoms with Crippen molar-refractivity contribution in [2.24, 2.45) is 0 Å². The number of aryl methyl sites for hydroxylation is 1.